The summed E-state index contributed by atoms with van der Waals surface area (Å²) in [4.78, 5) is 24.2. The summed E-state index contributed by atoms with van der Waals surface area (Å²) < 4.78 is 49.9. The number of carbonyl (C=O) groups is 1. The number of primary amides is 1. The molecule has 1 fully saturated rings. The number of hydrogen-bond acceptors (Lipinski definition) is 7. The summed E-state index contributed by atoms with van der Waals surface area (Å²) in [5.74, 6) is -1.63. The number of aryl methyl sites for hydroxylation is 1. The zero-order valence-electron chi connectivity index (χ0n) is 17.9. The Bertz CT molecular complexity index is 1610. The number of hydrogen-bond donors (Lipinski definition) is 3. The highest BCUT2D eigenvalue weighted by atomic mass is 35.5. The molecule has 1 amide bonds. The van der Waals surface area contributed by atoms with Crippen LogP contribution >= 0.6 is 11.6 Å². The molecular formula is C22H18ClFN4O6S. The van der Waals surface area contributed by atoms with Gasteiger partial charge in [-0.1, -0.05) is 24.4 Å². The molecule has 1 saturated carbocycles. The molecule has 0 unspecified atom stereocenters. The van der Waals surface area contributed by atoms with Gasteiger partial charge in [0, 0.05) is 12.6 Å². The number of anilines is 1. The second-order valence-electron chi connectivity index (χ2n) is 8.29. The smallest absolute Gasteiger partial charge is 0.409 e. The minimum absolute atomic E-state index is 0.0144. The topological polar surface area (TPSA) is 153 Å². The third-order valence-corrected chi connectivity index (χ3v) is 7.59. The largest absolute Gasteiger partial charge is 0.506 e. The van der Waals surface area contributed by atoms with Crippen LogP contribution in [-0.4, -0.2) is 30.0 Å². The molecule has 0 radical (unpaired) electrons. The Morgan fingerprint density at radius 2 is 2.06 bits per heavy atom. The molecule has 13 heteroatoms. The van der Waals surface area contributed by atoms with E-state index in [1.165, 1.54) is 22.8 Å². The van der Waals surface area contributed by atoms with Gasteiger partial charge < -0.3 is 25.5 Å². The van der Waals surface area contributed by atoms with Crippen LogP contribution in [0.4, 0.5) is 14.9 Å². The first-order valence-corrected chi connectivity index (χ1v) is 12.4. The van der Waals surface area contributed by atoms with Crippen molar-refractivity contribution in [2.24, 2.45) is 16.0 Å². The van der Waals surface area contributed by atoms with Gasteiger partial charge in [0.05, 0.1) is 21.6 Å². The van der Waals surface area contributed by atoms with Crippen molar-refractivity contribution in [3.63, 3.8) is 0 Å². The summed E-state index contributed by atoms with van der Waals surface area (Å²) in [6.07, 6.45) is 1.63. The van der Waals surface area contributed by atoms with Gasteiger partial charge >= 0.3 is 6.09 Å². The summed E-state index contributed by atoms with van der Waals surface area (Å²) in [5.41, 5.74) is 4.03. The lowest BCUT2D eigenvalue weighted by Crippen LogP contribution is -2.33. The van der Waals surface area contributed by atoms with Gasteiger partial charge in [-0.05, 0) is 36.6 Å². The average Bonchev–Trinajstić information content (AvgIpc) is 3.60. The third kappa shape index (κ3) is 4.08. The zero-order chi connectivity index (χ0) is 25.1. The quantitative estimate of drug-likeness (QED) is 0.466. The molecule has 0 bridgehead atoms. The number of sulfonamides is 1. The number of fused-ring (bicyclic) bond motifs is 2. The average molecular weight is 521 g/mol. The number of aromatic nitrogens is 1. The van der Waals surface area contributed by atoms with Crippen LogP contribution in [0.15, 0.2) is 44.4 Å². The molecule has 4 N–H and O–H groups in total. The predicted molar refractivity (Wildman–Crippen MR) is 126 cm³/mol. The minimum Gasteiger partial charge on any atom is -0.506 e. The van der Waals surface area contributed by atoms with Crippen molar-refractivity contribution in [2.45, 2.75) is 30.7 Å². The Labute approximate surface area is 202 Å². The Balaban J connectivity index is 1.70. The molecule has 35 heavy (non-hydrogen) atoms. The van der Waals surface area contributed by atoms with E-state index in [0.717, 1.165) is 25.0 Å². The molecule has 2 heterocycles. The van der Waals surface area contributed by atoms with Crippen molar-refractivity contribution < 1.29 is 27.4 Å². The number of halogens is 2. The highest BCUT2D eigenvalue weighted by Gasteiger charge is 2.32. The van der Waals surface area contributed by atoms with Crippen LogP contribution in [-0.2, 0) is 16.6 Å². The minimum atomic E-state index is -4.40. The Morgan fingerprint density at radius 3 is 2.74 bits per heavy atom. The van der Waals surface area contributed by atoms with Crippen LogP contribution in [0, 0.1) is 11.7 Å². The lowest BCUT2D eigenvalue weighted by Gasteiger charge is -2.21. The normalized spacial score (nSPS) is 16.3. The monoisotopic (exact) mass is 520 g/mol. The van der Waals surface area contributed by atoms with Gasteiger partial charge in [0.25, 0.3) is 15.6 Å². The van der Waals surface area contributed by atoms with Crippen molar-refractivity contribution in [2.75, 3.05) is 5.32 Å². The van der Waals surface area contributed by atoms with E-state index < -0.39 is 49.7 Å². The summed E-state index contributed by atoms with van der Waals surface area (Å²) in [5, 5.41) is 13.2. The molecule has 1 aliphatic carbocycles. The molecule has 3 aromatic rings. The molecule has 182 valence electrons. The summed E-state index contributed by atoms with van der Waals surface area (Å²) in [7, 11) is -4.40. The number of nitrogens with zero attached hydrogens (tertiary/aromatic N) is 2. The van der Waals surface area contributed by atoms with Crippen molar-refractivity contribution in [1.82, 2.24) is 4.57 Å². The van der Waals surface area contributed by atoms with Gasteiger partial charge in [-0.15, -0.1) is 4.40 Å². The molecule has 0 saturated heterocycles. The zero-order valence-corrected chi connectivity index (χ0v) is 19.5. The number of nitrogens with one attached hydrogen (secondary N) is 1. The van der Waals surface area contributed by atoms with Crippen LogP contribution in [0.1, 0.15) is 24.8 Å². The Kier molecular flexibility index (Phi) is 5.44. The molecule has 5 rings (SSSR count). The van der Waals surface area contributed by atoms with E-state index >= 15 is 0 Å². The van der Waals surface area contributed by atoms with Gasteiger partial charge in [0.2, 0.25) is 0 Å². The summed E-state index contributed by atoms with van der Waals surface area (Å²) >= 11 is 6.16. The predicted octanol–water partition coefficient (Wildman–Crippen LogP) is 3.32. The Hall–Kier alpha value is -3.64. The standard InChI is InChI=1S/C22H18ClFN4O6S/c23-18-12(24)4-6-14-16(18)19(29)17(21(30)28(14)8-7-10-1-2-10)20-26-13-5-3-11(34-22(25)31)9-15(13)35(32,33)27-20/h3-6,9-10,29H,1-2,7-8H2,(H2,25,31)(H,26,27). The highest BCUT2D eigenvalue weighted by molar-refractivity contribution is 7.90. The third-order valence-electron chi connectivity index (χ3n) is 5.90. The van der Waals surface area contributed by atoms with E-state index in [2.05, 4.69) is 9.71 Å². The molecular weight excluding hydrogens is 503 g/mol. The van der Waals surface area contributed by atoms with Gasteiger partial charge in [-0.25, -0.2) is 9.18 Å². The number of aromatic hydroxyl groups is 1. The highest BCUT2D eigenvalue weighted by Crippen LogP contribution is 2.38. The number of nitrogens with two attached hydrogens (primary N) is 1. The first-order chi connectivity index (χ1) is 16.6. The lowest BCUT2D eigenvalue weighted by atomic mass is 10.1. The molecule has 1 aromatic heterocycles. The molecule has 0 atom stereocenters. The van der Waals surface area contributed by atoms with Gasteiger partial charge in [-0.2, -0.15) is 8.42 Å². The van der Waals surface area contributed by atoms with Crippen LogP contribution in [0.3, 0.4) is 0 Å². The van der Waals surface area contributed by atoms with Crippen molar-refractivity contribution in [3.05, 3.63) is 57.1 Å². The lowest BCUT2D eigenvalue weighted by molar-refractivity contribution is 0.210. The fraction of sp³-hybridized carbons (Fsp3) is 0.227. The maximum atomic E-state index is 14.3. The first-order valence-electron chi connectivity index (χ1n) is 10.5. The van der Waals surface area contributed by atoms with Crippen LogP contribution in [0.25, 0.3) is 10.9 Å². The second-order valence-corrected chi connectivity index (χ2v) is 10.2. The number of amides is 1. The van der Waals surface area contributed by atoms with Crippen LogP contribution < -0.4 is 21.3 Å². The van der Waals surface area contributed by atoms with Gasteiger partial charge in [0.15, 0.2) is 5.84 Å². The SMILES string of the molecule is NC(=O)Oc1ccc2c(c1)S(=O)(=O)N=C(c1c(O)c3c(Cl)c(F)ccc3n(CCC3CC3)c1=O)N2. The van der Waals surface area contributed by atoms with Crippen molar-refractivity contribution in [3.8, 4) is 11.5 Å². The molecule has 1 aliphatic heterocycles. The number of pyridine rings is 1. The van der Waals surface area contributed by atoms with Crippen molar-refractivity contribution in [1.29, 1.82) is 0 Å². The number of rotatable bonds is 5. The number of ether oxygens (including phenoxy) is 1. The van der Waals surface area contributed by atoms with Crippen LogP contribution in [0.2, 0.25) is 5.02 Å². The van der Waals surface area contributed by atoms with Gasteiger partial charge in [0.1, 0.15) is 27.8 Å². The maximum absolute atomic E-state index is 14.3. The first kappa shape index (κ1) is 23.1. The molecule has 2 aliphatic rings. The van der Waals surface area contributed by atoms with E-state index in [4.69, 9.17) is 22.1 Å². The molecule has 0 spiro atoms. The second kappa shape index (κ2) is 8.24. The molecule has 2 aromatic carbocycles. The van der Waals surface area contributed by atoms with E-state index in [1.54, 1.807) is 0 Å². The van der Waals surface area contributed by atoms with Crippen LogP contribution in [0.5, 0.6) is 11.5 Å². The molecule has 10 nitrogen and oxygen atoms in total. The number of carbonyl (C=O) groups excluding carboxylic acids is 1. The number of benzene rings is 2. The fourth-order valence-corrected chi connectivity index (χ4v) is 5.43. The van der Waals surface area contributed by atoms with E-state index in [9.17, 15) is 27.5 Å². The number of amidine groups is 1. The van der Waals surface area contributed by atoms with E-state index in [-0.39, 0.29) is 33.8 Å². The fourth-order valence-electron chi connectivity index (χ4n) is 4.04. The Morgan fingerprint density at radius 1 is 1.31 bits per heavy atom. The maximum Gasteiger partial charge on any atom is 0.409 e. The van der Waals surface area contributed by atoms with E-state index in [1.807, 2.05) is 0 Å². The van der Waals surface area contributed by atoms with Gasteiger partial charge in [-0.3, -0.25) is 4.79 Å². The van der Waals surface area contributed by atoms with Crippen molar-refractivity contribution >= 4 is 50.1 Å². The summed E-state index contributed by atoms with van der Waals surface area (Å²) in [6, 6.07) is 6.06. The van der Waals surface area contributed by atoms with E-state index in [0.29, 0.717) is 12.3 Å². The summed E-state index contributed by atoms with van der Waals surface area (Å²) in [6.45, 7) is 0.264.